The van der Waals surface area contributed by atoms with E-state index < -0.39 is 5.54 Å². The Kier molecular flexibility index (Phi) is 8.02. The van der Waals surface area contributed by atoms with Gasteiger partial charge in [-0.3, -0.25) is 14.4 Å². The number of nitrogens with zero attached hydrogens (tertiary/aromatic N) is 2. The molecule has 0 atom stereocenters. The van der Waals surface area contributed by atoms with Crippen LogP contribution >= 0.6 is 23.2 Å². The fourth-order valence-electron chi connectivity index (χ4n) is 5.15. The van der Waals surface area contributed by atoms with Gasteiger partial charge in [-0.25, -0.2) is 0 Å². The van der Waals surface area contributed by atoms with Crippen molar-refractivity contribution in [2.45, 2.75) is 51.0 Å². The Labute approximate surface area is 216 Å². The Bertz CT molecular complexity index is 1070. The summed E-state index contributed by atoms with van der Waals surface area (Å²) in [6.07, 6.45) is 3.87. The van der Waals surface area contributed by atoms with E-state index in [1.54, 1.807) is 18.2 Å². The van der Waals surface area contributed by atoms with E-state index in [-0.39, 0.29) is 24.0 Å². The number of amides is 2. The molecule has 35 heavy (non-hydrogen) atoms. The molecule has 2 aliphatic rings. The molecule has 4 rings (SSSR count). The number of carbonyl (C=O) groups is 3. The predicted octanol–water partition coefficient (Wildman–Crippen LogP) is 4.45. The third-order valence-electron chi connectivity index (χ3n) is 7.09. The number of ketones is 1. The largest absolute Gasteiger partial charge is 0.368 e. The van der Waals surface area contributed by atoms with Crippen LogP contribution in [-0.4, -0.2) is 54.2 Å². The van der Waals surface area contributed by atoms with E-state index in [0.29, 0.717) is 35.1 Å². The minimum atomic E-state index is -0.707. The summed E-state index contributed by atoms with van der Waals surface area (Å²) < 4.78 is 0. The molecule has 1 aliphatic heterocycles. The summed E-state index contributed by atoms with van der Waals surface area (Å²) in [5, 5.41) is 3.96. The van der Waals surface area contributed by atoms with E-state index >= 15 is 0 Å². The van der Waals surface area contributed by atoms with Crippen molar-refractivity contribution in [3.63, 3.8) is 0 Å². The van der Waals surface area contributed by atoms with Crippen LogP contribution in [0.25, 0.3) is 0 Å². The first kappa shape index (κ1) is 25.5. The third kappa shape index (κ3) is 5.99. The van der Waals surface area contributed by atoms with Crippen molar-refractivity contribution in [2.75, 3.05) is 31.1 Å². The number of rotatable bonds is 7. The number of Topliss-reactive ketones (excluding diaryl/α,β-unsaturated/α-hetero) is 1. The zero-order valence-electron chi connectivity index (χ0n) is 20.0. The molecule has 1 saturated heterocycles. The van der Waals surface area contributed by atoms with E-state index in [4.69, 9.17) is 23.2 Å². The molecule has 2 aromatic carbocycles. The second kappa shape index (κ2) is 11.0. The molecule has 1 saturated carbocycles. The number of piperazine rings is 1. The van der Waals surface area contributed by atoms with Gasteiger partial charge in [-0.05, 0) is 48.2 Å². The van der Waals surface area contributed by atoms with Gasteiger partial charge in [0.25, 0.3) is 0 Å². The Balaban J connectivity index is 1.31. The summed E-state index contributed by atoms with van der Waals surface area (Å²) in [5.41, 5.74) is 1.98. The number of halogens is 2. The zero-order chi connectivity index (χ0) is 25.0. The highest BCUT2D eigenvalue weighted by Gasteiger charge is 2.41. The summed E-state index contributed by atoms with van der Waals surface area (Å²) in [5.74, 6) is -0.0413. The summed E-state index contributed by atoms with van der Waals surface area (Å²) in [6, 6.07) is 13.3. The van der Waals surface area contributed by atoms with Crippen molar-refractivity contribution in [3.8, 4) is 0 Å². The van der Waals surface area contributed by atoms with E-state index in [9.17, 15) is 14.4 Å². The quantitative estimate of drug-likeness (QED) is 0.591. The first-order valence-electron chi connectivity index (χ1n) is 12.1. The van der Waals surface area contributed by atoms with Gasteiger partial charge in [0.1, 0.15) is 0 Å². The smallest absolute Gasteiger partial charge is 0.227 e. The van der Waals surface area contributed by atoms with E-state index in [0.717, 1.165) is 50.0 Å². The lowest BCUT2D eigenvalue weighted by Gasteiger charge is -2.36. The highest BCUT2D eigenvalue weighted by molar-refractivity contribution is 6.36. The summed E-state index contributed by atoms with van der Waals surface area (Å²) >= 11 is 12.4. The van der Waals surface area contributed by atoms with Crippen LogP contribution in [0, 0.1) is 0 Å². The first-order valence-corrected chi connectivity index (χ1v) is 12.9. The van der Waals surface area contributed by atoms with Gasteiger partial charge in [0.05, 0.1) is 12.0 Å². The predicted molar refractivity (Wildman–Crippen MR) is 139 cm³/mol. The fourth-order valence-corrected chi connectivity index (χ4v) is 5.68. The monoisotopic (exact) mass is 515 g/mol. The third-order valence-corrected chi connectivity index (χ3v) is 7.80. The topological polar surface area (TPSA) is 69.7 Å². The second-order valence-electron chi connectivity index (χ2n) is 9.48. The lowest BCUT2D eigenvalue weighted by Crippen LogP contribution is -2.52. The van der Waals surface area contributed by atoms with Crippen LogP contribution in [0.2, 0.25) is 10.0 Å². The summed E-state index contributed by atoms with van der Waals surface area (Å²) in [6.45, 7) is 4.18. The average Bonchev–Trinajstić information content (AvgIpc) is 3.31. The lowest BCUT2D eigenvalue weighted by molar-refractivity contribution is -0.130. The van der Waals surface area contributed by atoms with Crippen LogP contribution < -0.4 is 10.2 Å². The van der Waals surface area contributed by atoms with Crippen molar-refractivity contribution in [3.05, 3.63) is 63.6 Å². The van der Waals surface area contributed by atoms with E-state index in [2.05, 4.69) is 10.2 Å². The number of carbonyl (C=O) groups excluding carboxylic acids is 3. The SMILES string of the molecule is CC(=O)NC1(C(=O)Cc2ccc(N3CCN(C(=O)Cc4c(Cl)cccc4Cl)CC3)cc2)CCCC1. The first-order chi connectivity index (χ1) is 16.8. The lowest BCUT2D eigenvalue weighted by atomic mass is 9.88. The molecule has 1 N–H and O–H groups in total. The van der Waals surface area contributed by atoms with Crippen LogP contribution in [0.5, 0.6) is 0 Å². The summed E-state index contributed by atoms with van der Waals surface area (Å²) in [7, 11) is 0. The van der Waals surface area contributed by atoms with Crippen LogP contribution in [0.3, 0.4) is 0 Å². The fraction of sp³-hybridized carbons (Fsp3) is 0.444. The highest BCUT2D eigenvalue weighted by atomic mass is 35.5. The average molecular weight is 516 g/mol. The van der Waals surface area contributed by atoms with Crippen molar-refractivity contribution in [1.82, 2.24) is 10.2 Å². The Morgan fingerprint density at radius 2 is 1.49 bits per heavy atom. The minimum absolute atomic E-state index is 0.0218. The van der Waals surface area contributed by atoms with E-state index in [1.165, 1.54) is 6.92 Å². The maximum absolute atomic E-state index is 13.1. The maximum Gasteiger partial charge on any atom is 0.227 e. The molecule has 0 aromatic heterocycles. The molecule has 2 amide bonds. The van der Waals surface area contributed by atoms with Gasteiger partial charge >= 0.3 is 0 Å². The van der Waals surface area contributed by atoms with Crippen LogP contribution in [0.15, 0.2) is 42.5 Å². The van der Waals surface area contributed by atoms with Gasteiger partial charge in [0, 0.05) is 55.3 Å². The number of hydrogen-bond donors (Lipinski definition) is 1. The Morgan fingerprint density at radius 3 is 2.06 bits per heavy atom. The van der Waals surface area contributed by atoms with Gasteiger partial charge in [-0.15, -0.1) is 0 Å². The molecule has 0 spiro atoms. The Morgan fingerprint density at radius 1 is 0.886 bits per heavy atom. The molecule has 0 unspecified atom stereocenters. The van der Waals surface area contributed by atoms with Gasteiger partial charge in [-0.1, -0.05) is 54.2 Å². The molecule has 6 nitrogen and oxygen atoms in total. The molecule has 186 valence electrons. The maximum atomic E-state index is 13.1. The molecular formula is C27H31Cl2N3O3. The number of nitrogens with one attached hydrogen (secondary N) is 1. The molecule has 1 heterocycles. The molecule has 0 bridgehead atoms. The standard InChI is InChI=1S/C27H31Cl2N3O3/c1-19(33)30-27(11-2-3-12-27)25(34)17-20-7-9-21(10-8-20)31-13-15-32(16-14-31)26(35)18-22-23(28)5-4-6-24(22)29/h4-10H,2-3,11-18H2,1H3,(H,30,33). The zero-order valence-corrected chi connectivity index (χ0v) is 21.5. The molecule has 2 aromatic rings. The molecular weight excluding hydrogens is 485 g/mol. The normalized spacial score (nSPS) is 17.3. The van der Waals surface area contributed by atoms with Crippen molar-refractivity contribution >= 4 is 46.5 Å². The molecule has 0 radical (unpaired) electrons. The van der Waals surface area contributed by atoms with Crippen LogP contribution in [0.1, 0.15) is 43.7 Å². The number of benzene rings is 2. The second-order valence-corrected chi connectivity index (χ2v) is 10.3. The van der Waals surface area contributed by atoms with Gasteiger partial charge in [0.15, 0.2) is 5.78 Å². The molecule has 1 aliphatic carbocycles. The van der Waals surface area contributed by atoms with Crippen molar-refractivity contribution in [1.29, 1.82) is 0 Å². The van der Waals surface area contributed by atoms with Gasteiger partial charge in [0.2, 0.25) is 11.8 Å². The minimum Gasteiger partial charge on any atom is -0.368 e. The van der Waals surface area contributed by atoms with E-state index in [1.807, 2.05) is 29.2 Å². The Hall–Kier alpha value is -2.57. The number of hydrogen-bond acceptors (Lipinski definition) is 4. The molecule has 8 heteroatoms. The van der Waals surface area contributed by atoms with Crippen molar-refractivity contribution < 1.29 is 14.4 Å². The van der Waals surface area contributed by atoms with Gasteiger partial charge in [-0.2, -0.15) is 0 Å². The van der Waals surface area contributed by atoms with Gasteiger partial charge < -0.3 is 15.1 Å². The van der Waals surface area contributed by atoms with Crippen LogP contribution in [0.4, 0.5) is 5.69 Å². The van der Waals surface area contributed by atoms with Crippen molar-refractivity contribution in [2.24, 2.45) is 0 Å². The highest BCUT2D eigenvalue weighted by Crippen LogP contribution is 2.32. The number of anilines is 1. The van der Waals surface area contributed by atoms with Crippen LogP contribution in [-0.2, 0) is 27.2 Å². The molecule has 2 fully saturated rings. The summed E-state index contributed by atoms with van der Waals surface area (Å²) in [4.78, 5) is 41.6.